The zero-order chi connectivity index (χ0) is 18.8. The summed E-state index contributed by atoms with van der Waals surface area (Å²) in [6, 6.07) is 5.04. The van der Waals surface area contributed by atoms with Crippen molar-refractivity contribution >= 4 is 17.3 Å². The molecule has 0 aliphatic rings. The van der Waals surface area contributed by atoms with Gasteiger partial charge in [0.05, 0.1) is 10.5 Å². The van der Waals surface area contributed by atoms with Crippen LogP contribution < -0.4 is 11.1 Å². The van der Waals surface area contributed by atoms with E-state index in [4.69, 9.17) is 5.73 Å². The summed E-state index contributed by atoms with van der Waals surface area (Å²) < 4.78 is 51.2. The van der Waals surface area contributed by atoms with Crippen molar-refractivity contribution in [3.63, 3.8) is 0 Å². The van der Waals surface area contributed by atoms with E-state index in [9.17, 15) is 32.5 Å². The second kappa shape index (κ2) is 6.75. The number of nitro groups is 1. The van der Waals surface area contributed by atoms with E-state index in [1.54, 1.807) is 0 Å². The Balaban J connectivity index is 2.16. The highest BCUT2D eigenvalue weighted by molar-refractivity contribution is 5.94. The molecule has 25 heavy (non-hydrogen) atoms. The molecular formula is C15H11F4N3O3. The van der Waals surface area contributed by atoms with E-state index in [2.05, 4.69) is 5.32 Å². The predicted octanol–water partition coefficient (Wildman–Crippen LogP) is 3.26. The molecule has 132 valence electrons. The normalized spacial score (nSPS) is 11.2. The number of carbonyl (C=O) groups is 1. The number of nitrogens with one attached hydrogen (secondary N) is 1. The van der Waals surface area contributed by atoms with Gasteiger partial charge in [-0.05, 0) is 29.8 Å². The Morgan fingerprint density at radius 2 is 1.88 bits per heavy atom. The molecule has 0 bridgehead atoms. The molecule has 0 atom stereocenters. The number of nitrogen functional groups attached to an aromatic ring is 1. The summed E-state index contributed by atoms with van der Waals surface area (Å²) in [5.41, 5.74) is 3.95. The van der Waals surface area contributed by atoms with E-state index in [0.717, 1.165) is 6.07 Å². The molecule has 0 aromatic heterocycles. The lowest BCUT2D eigenvalue weighted by atomic mass is 10.1. The van der Waals surface area contributed by atoms with E-state index in [0.29, 0.717) is 17.7 Å². The molecular weight excluding hydrogens is 346 g/mol. The third-order valence-electron chi connectivity index (χ3n) is 3.27. The van der Waals surface area contributed by atoms with Gasteiger partial charge in [-0.2, -0.15) is 13.2 Å². The minimum atomic E-state index is -4.79. The standard InChI is InChI=1S/C15H11F4N3O3/c16-11-4-9(3-10(5-11)15(17,18)19)14(23)21-7-8-1-2-12(22(24)25)6-13(8)20/h1-6H,7,20H2,(H,21,23). The summed E-state index contributed by atoms with van der Waals surface area (Å²) in [5.74, 6) is -2.14. The first-order chi connectivity index (χ1) is 11.6. The Bertz CT molecular complexity index is 837. The number of rotatable bonds is 4. The first-order valence-corrected chi connectivity index (χ1v) is 6.76. The molecule has 10 heteroatoms. The Hall–Kier alpha value is -3.17. The number of nitrogens with zero attached hydrogens (tertiary/aromatic N) is 1. The monoisotopic (exact) mass is 357 g/mol. The topological polar surface area (TPSA) is 98.3 Å². The molecule has 6 nitrogen and oxygen atoms in total. The van der Waals surface area contributed by atoms with Crippen LogP contribution >= 0.6 is 0 Å². The van der Waals surface area contributed by atoms with Crippen LogP contribution in [-0.2, 0) is 12.7 Å². The average Bonchev–Trinajstić information content (AvgIpc) is 2.51. The number of halogens is 4. The molecule has 0 radical (unpaired) electrons. The first kappa shape index (κ1) is 18.2. The van der Waals surface area contributed by atoms with Crippen molar-refractivity contribution in [2.45, 2.75) is 12.7 Å². The number of nitro benzene ring substituents is 1. The SMILES string of the molecule is Nc1cc([N+](=O)[O-])ccc1CNC(=O)c1cc(F)cc(C(F)(F)F)c1. The molecule has 0 spiro atoms. The van der Waals surface area contributed by atoms with Crippen LogP contribution in [0.3, 0.4) is 0 Å². The van der Waals surface area contributed by atoms with E-state index >= 15 is 0 Å². The third kappa shape index (κ3) is 4.43. The van der Waals surface area contributed by atoms with Crippen molar-refractivity contribution in [2.75, 3.05) is 5.73 Å². The van der Waals surface area contributed by atoms with E-state index in [-0.39, 0.29) is 24.0 Å². The van der Waals surface area contributed by atoms with Crippen LogP contribution in [0.4, 0.5) is 28.9 Å². The fraction of sp³-hybridized carbons (Fsp3) is 0.133. The Morgan fingerprint density at radius 1 is 1.20 bits per heavy atom. The smallest absolute Gasteiger partial charge is 0.398 e. The van der Waals surface area contributed by atoms with Crippen LogP contribution in [0.5, 0.6) is 0 Å². The predicted molar refractivity (Wildman–Crippen MR) is 80.1 cm³/mol. The molecule has 1 amide bonds. The van der Waals surface area contributed by atoms with Crippen molar-refractivity contribution in [1.82, 2.24) is 5.32 Å². The number of hydrogen-bond acceptors (Lipinski definition) is 4. The summed E-state index contributed by atoms with van der Waals surface area (Å²) in [4.78, 5) is 21.9. The zero-order valence-electron chi connectivity index (χ0n) is 12.4. The molecule has 0 aliphatic heterocycles. The maximum atomic E-state index is 13.3. The maximum Gasteiger partial charge on any atom is 0.416 e. The molecule has 2 aromatic carbocycles. The lowest BCUT2D eigenvalue weighted by molar-refractivity contribution is -0.384. The summed E-state index contributed by atoms with van der Waals surface area (Å²) in [6.45, 7) is -0.194. The number of non-ortho nitro benzene ring substituents is 1. The summed E-state index contributed by atoms with van der Waals surface area (Å²) in [5, 5.41) is 12.9. The molecule has 0 saturated heterocycles. The van der Waals surface area contributed by atoms with Gasteiger partial charge in [0.1, 0.15) is 5.82 Å². The number of amides is 1. The van der Waals surface area contributed by atoms with Gasteiger partial charge in [0, 0.05) is 29.9 Å². The van der Waals surface area contributed by atoms with Crippen molar-refractivity contribution in [3.8, 4) is 0 Å². The minimum absolute atomic E-state index is 0.0322. The van der Waals surface area contributed by atoms with Crippen LogP contribution in [0, 0.1) is 15.9 Å². The average molecular weight is 357 g/mol. The number of carbonyl (C=O) groups excluding carboxylic acids is 1. The lowest BCUT2D eigenvalue weighted by Gasteiger charge is -2.11. The molecule has 0 fully saturated rings. The highest BCUT2D eigenvalue weighted by Gasteiger charge is 2.32. The van der Waals surface area contributed by atoms with E-state index < -0.39 is 34.0 Å². The van der Waals surface area contributed by atoms with Gasteiger partial charge in [0.25, 0.3) is 11.6 Å². The van der Waals surface area contributed by atoms with Gasteiger partial charge in [-0.1, -0.05) is 0 Å². The maximum absolute atomic E-state index is 13.3. The molecule has 0 heterocycles. The van der Waals surface area contributed by atoms with E-state index in [1.807, 2.05) is 0 Å². The van der Waals surface area contributed by atoms with Crippen molar-refractivity contribution < 1.29 is 27.3 Å². The Labute approximate surface area is 138 Å². The Kier molecular flexibility index (Phi) is 4.91. The quantitative estimate of drug-likeness (QED) is 0.380. The van der Waals surface area contributed by atoms with Crippen LogP contribution in [0.1, 0.15) is 21.5 Å². The molecule has 0 saturated carbocycles. The number of alkyl halides is 3. The number of hydrogen-bond donors (Lipinski definition) is 2. The van der Waals surface area contributed by atoms with Crippen molar-refractivity contribution in [3.05, 3.63) is 69.0 Å². The van der Waals surface area contributed by atoms with Gasteiger partial charge in [0.15, 0.2) is 0 Å². The van der Waals surface area contributed by atoms with Crippen LogP contribution in [0.25, 0.3) is 0 Å². The lowest BCUT2D eigenvalue weighted by Crippen LogP contribution is -2.24. The van der Waals surface area contributed by atoms with Crippen LogP contribution in [-0.4, -0.2) is 10.8 Å². The molecule has 2 aromatic rings. The minimum Gasteiger partial charge on any atom is -0.398 e. The largest absolute Gasteiger partial charge is 0.416 e. The number of nitrogens with two attached hydrogens (primary N) is 1. The Morgan fingerprint density at radius 3 is 2.44 bits per heavy atom. The van der Waals surface area contributed by atoms with Gasteiger partial charge in [0.2, 0.25) is 0 Å². The summed E-state index contributed by atoms with van der Waals surface area (Å²) in [7, 11) is 0. The number of benzene rings is 2. The summed E-state index contributed by atoms with van der Waals surface area (Å²) in [6.07, 6.45) is -4.79. The van der Waals surface area contributed by atoms with Gasteiger partial charge < -0.3 is 11.1 Å². The van der Waals surface area contributed by atoms with Crippen LogP contribution in [0.15, 0.2) is 36.4 Å². The van der Waals surface area contributed by atoms with Crippen molar-refractivity contribution in [1.29, 1.82) is 0 Å². The van der Waals surface area contributed by atoms with E-state index in [1.165, 1.54) is 12.1 Å². The molecule has 3 N–H and O–H groups in total. The zero-order valence-corrected chi connectivity index (χ0v) is 12.4. The highest BCUT2D eigenvalue weighted by atomic mass is 19.4. The van der Waals surface area contributed by atoms with Gasteiger partial charge >= 0.3 is 6.18 Å². The van der Waals surface area contributed by atoms with Crippen molar-refractivity contribution in [2.24, 2.45) is 0 Å². The fourth-order valence-electron chi connectivity index (χ4n) is 2.02. The van der Waals surface area contributed by atoms with Gasteiger partial charge in [-0.25, -0.2) is 4.39 Å². The summed E-state index contributed by atoms with van der Waals surface area (Å²) >= 11 is 0. The first-order valence-electron chi connectivity index (χ1n) is 6.76. The molecule has 0 aliphatic carbocycles. The van der Waals surface area contributed by atoms with Gasteiger partial charge in [-0.15, -0.1) is 0 Å². The number of anilines is 1. The highest BCUT2D eigenvalue weighted by Crippen LogP contribution is 2.30. The van der Waals surface area contributed by atoms with Crippen LogP contribution in [0.2, 0.25) is 0 Å². The second-order valence-corrected chi connectivity index (χ2v) is 5.05. The molecule has 2 rings (SSSR count). The second-order valence-electron chi connectivity index (χ2n) is 5.05. The van der Waals surface area contributed by atoms with Gasteiger partial charge in [-0.3, -0.25) is 14.9 Å². The third-order valence-corrected chi connectivity index (χ3v) is 3.27. The fourth-order valence-corrected chi connectivity index (χ4v) is 2.02. The molecule has 0 unspecified atom stereocenters.